The molecular weight excluding hydrogens is 639 g/mol. The summed E-state index contributed by atoms with van der Waals surface area (Å²) < 4.78 is 36.1. The number of aromatic nitrogens is 2. The van der Waals surface area contributed by atoms with E-state index in [1.807, 2.05) is 0 Å². The summed E-state index contributed by atoms with van der Waals surface area (Å²) in [7, 11) is -2.97. The van der Waals surface area contributed by atoms with Gasteiger partial charge >= 0.3 is 11.9 Å². The zero-order chi connectivity index (χ0) is 31.6. The molecule has 1 aliphatic heterocycles. The third kappa shape index (κ3) is 6.72. The molecule has 1 aromatic heterocycles. The van der Waals surface area contributed by atoms with E-state index < -0.39 is 52.0 Å². The fourth-order valence-corrected chi connectivity index (χ4v) is 7.00. The minimum absolute atomic E-state index is 0.0389. The summed E-state index contributed by atoms with van der Waals surface area (Å²) in [6, 6.07) is 8.96. The number of hydrogen-bond acceptors (Lipinski definition) is 10. The van der Waals surface area contributed by atoms with Crippen molar-refractivity contribution in [3.05, 3.63) is 80.9 Å². The Morgan fingerprint density at radius 2 is 1.89 bits per heavy atom. The van der Waals surface area contributed by atoms with Crippen LogP contribution in [0.15, 0.2) is 47.0 Å². The number of esters is 1. The first kappa shape index (κ1) is 31.8. The molecule has 4 atom stereocenters. The number of carbonyl (C=O) groups excluding carboxylic acids is 3. The van der Waals surface area contributed by atoms with Crippen molar-refractivity contribution in [3.63, 3.8) is 0 Å². The SMILES string of the molecule is COC(=O)c1nc(CONC(=O)[C@@H]2c3ccccc3C(=O)N([C@H]3CCCC[C@@H]3NS(N)(=O)=O)[C@H]2c2ccc(Cl)cc2Cl)no1. The molecular formula is C27H28Cl2N6O8S. The van der Waals surface area contributed by atoms with Crippen LogP contribution in [0, 0.1) is 0 Å². The van der Waals surface area contributed by atoms with E-state index in [-0.39, 0.29) is 28.9 Å². The van der Waals surface area contributed by atoms with Gasteiger partial charge < -0.3 is 14.2 Å². The zero-order valence-electron chi connectivity index (χ0n) is 23.2. The highest BCUT2D eigenvalue weighted by atomic mass is 35.5. The second kappa shape index (κ2) is 13.2. The van der Waals surface area contributed by atoms with Gasteiger partial charge in [0.2, 0.25) is 5.82 Å². The number of nitrogens with two attached hydrogens (primary N) is 1. The smallest absolute Gasteiger partial charge is 0.397 e. The molecule has 1 aliphatic carbocycles. The fourth-order valence-electron chi connectivity index (χ4n) is 5.78. The Kier molecular flexibility index (Phi) is 9.53. The van der Waals surface area contributed by atoms with Crippen molar-refractivity contribution in [2.45, 2.75) is 56.3 Å². The van der Waals surface area contributed by atoms with Crippen molar-refractivity contribution in [1.29, 1.82) is 0 Å². The largest absolute Gasteiger partial charge is 0.462 e. The monoisotopic (exact) mass is 666 g/mol. The van der Waals surface area contributed by atoms with Crippen LogP contribution in [0.25, 0.3) is 0 Å². The number of fused-ring (bicyclic) bond motifs is 1. The van der Waals surface area contributed by atoms with Gasteiger partial charge in [-0.05, 0) is 42.2 Å². The van der Waals surface area contributed by atoms with Crippen molar-refractivity contribution >= 4 is 51.2 Å². The molecule has 0 radical (unpaired) electrons. The molecule has 0 saturated heterocycles. The van der Waals surface area contributed by atoms with Crippen molar-refractivity contribution in [2.24, 2.45) is 5.14 Å². The molecule has 2 aliphatic rings. The Morgan fingerprint density at radius 3 is 2.61 bits per heavy atom. The predicted octanol–water partition coefficient (Wildman–Crippen LogP) is 2.80. The van der Waals surface area contributed by atoms with E-state index in [1.54, 1.807) is 36.4 Å². The van der Waals surface area contributed by atoms with E-state index in [0.717, 1.165) is 7.11 Å². The number of carbonyl (C=O) groups is 3. The number of benzene rings is 2. The third-order valence-corrected chi connectivity index (χ3v) is 8.74. The van der Waals surface area contributed by atoms with Gasteiger partial charge in [-0.15, -0.1) is 0 Å². The van der Waals surface area contributed by atoms with Gasteiger partial charge in [0.15, 0.2) is 0 Å². The molecule has 14 nitrogen and oxygen atoms in total. The van der Waals surface area contributed by atoms with Crippen molar-refractivity contribution in [2.75, 3.05) is 7.11 Å². The number of nitrogens with one attached hydrogen (secondary N) is 2. The van der Waals surface area contributed by atoms with E-state index in [4.69, 9.17) is 37.7 Å². The van der Waals surface area contributed by atoms with Crippen LogP contribution in [0.2, 0.25) is 10.0 Å². The maximum Gasteiger partial charge on any atom is 0.397 e. The molecule has 3 aromatic rings. The summed E-state index contributed by atoms with van der Waals surface area (Å²) >= 11 is 12.9. The van der Waals surface area contributed by atoms with E-state index in [0.29, 0.717) is 41.8 Å². The molecule has 2 amide bonds. The average Bonchev–Trinajstić information content (AvgIpc) is 3.45. The molecule has 4 N–H and O–H groups in total. The van der Waals surface area contributed by atoms with Crippen LogP contribution in [0.3, 0.4) is 0 Å². The maximum atomic E-state index is 14.3. The zero-order valence-corrected chi connectivity index (χ0v) is 25.6. The number of rotatable bonds is 9. The van der Waals surface area contributed by atoms with Crippen LogP contribution in [0.5, 0.6) is 0 Å². The van der Waals surface area contributed by atoms with Crippen molar-refractivity contribution in [1.82, 2.24) is 25.2 Å². The lowest BCUT2D eigenvalue weighted by Crippen LogP contribution is -2.59. The van der Waals surface area contributed by atoms with Crippen molar-refractivity contribution in [3.8, 4) is 0 Å². The third-order valence-electron chi connectivity index (χ3n) is 7.54. The number of halogens is 2. The Hall–Kier alpha value is -3.60. The Morgan fingerprint density at radius 1 is 1.14 bits per heavy atom. The molecule has 2 aromatic carbocycles. The second-order valence-corrected chi connectivity index (χ2v) is 12.4. The minimum atomic E-state index is -4.12. The quantitative estimate of drug-likeness (QED) is 0.226. The lowest BCUT2D eigenvalue weighted by atomic mass is 9.76. The number of nitrogens with zero attached hydrogens (tertiary/aromatic N) is 3. The van der Waals surface area contributed by atoms with Gasteiger partial charge in [-0.3, -0.25) is 14.4 Å². The molecule has 0 bridgehead atoms. The van der Waals surface area contributed by atoms with Gasteiger partial charge in [0.1, 0.15) is 6.61 Å². The van der Waals surface area contributed by atoms with Gasteiger partial charge in [0, 0.05) is 27.7 Å². The lowest BCUT2D eigenvalue weighted by Gasteiger charge is -2.49. The van der Waals surface area contributed by atoms with Crippen LogP contribution in [-0.2, 0) is 31.2 Å². The highest BCUT2D eigenvalue weighted by Crippen LogP contribution is 2.47. The Labute approximate surface area is 262 Å². The summed E-state index contributed by atoms with van der Waals surface area (Å²) in [6.45, 7) is -0.363. The lowest BCUT2D eigenvalue weighted by molar-refractivity contribution is -0.138. The average molecular weight is 668 g/mol. The summed E-state index contributed by atoms with van der Waals surface area (Å²) in [5.74, 6) is -3.39. The topological polar surface area (TPSA) is 196 Å². The first-order chi connectivity index (χ1) is 21.0. The van der Waals surface area contributed by atoms with E-state index >= 15 is 0 Å². The first-order valence-corrected chi connectivity index (χ1v) is 15.8. The van der Waals surface area contributed by atoms with Crippen LogP contribution in [0.4, 0.5) is 0 Å². The van der Waals surface area contributed by atoms with E-state index in [9.17, 15) is 22.8 Å². The van der Waals surface area contributed by atoms with Gasteiger partial charge in [-0.25, -0.2) is 15.4 Å². The molecule has 17 heteroatoms. The fraction of sp³-hybridized carbons (Fsp3) is 0.370. The van der Waals surface area contributed by atoms with Gasteiger partial charge in [-0.2, -0.15) is 18.1 Å². The summed E-state index contributed by atoms with van der Waals surface area (Å²) in [4.78, 5) is 50.7. The Bertz CT molecular complexity index is 1690. The van der Waals surface area contributed by atoms with Crippen LogP contribution >= 0.6 is 23.2 Å². The standard InChI is InChI=1S/C27H28Cl2N6O8S/c1-41-27(38)25-31-21(32-43-25)13-42-33-24(36)22-15-6-2-3-7-16(15)26(37)35(23(22)17-11-10-14(28)12-18(17)29)20-9-5-4-8-19(20)34-44(30,39)40/h2-3,6-7,10-12,19-20,22-23,34H,4-5,8-9,13H2,1H3,(H,33,36)(H2,30,39,40)/t19-,20-,22+,23-/m0/s1. The highest BCUT2D eigenvalue weighted by Gasteiger charge is 2.49. The molecule has 2 heterocycles. The summed E-state index contributed by atoms with van der Waals surface area (Å²) in [5.41, 5.74) is 3.48. The van der Waals surface area contributed by atoms with Gasteiger partial charge in [-0.1, -0.05) is 65.5 Å². The normalized spacial score (nSPS) is 21.9. The van der Waals surface area contributed by atoms with Crippen LogP contribution in [0.1, 0.15) is 75.6 Å². The van der Waals surface area contributed by atoms with E-state index in [1.165, 1.54) is 11.0 Å². The molecule has 1 fully saturated rings. The maximum absolute atomic E-state index is 14.3. The first-order valence-electron chi connectivity index (χ1n) is 13.5. The van der Waals surface area contributed by atoms with Gasteiger partial charge in [0.05, 0.1) is 19.1 Å². The molecule has 234 valence electrons. The van der Waals surface area contributed by atoms with Crippen LogP contribution < -0.4 is 15.3 Å². The number of ether oxygens (including phenoxy) is 1. The Balaban J connectivity index is 1.55. The van der Waals surface area contributed by atoms with E-state index in [2.05, 4.69) is 25.1 Å². The summed E-state index contributed by atoms with van der Waals surface area (Å²) in [5, 5.41) is 9.52. The number of methoxy groups -OCH3 is 1. The van der Waals surface area contributed by atoms with Crippen molar-refractivity contribution < 1.29 is 36.9 Å². The minimum Gasteiger partial charge on any atom is -0.462 e. The molecule has 44 heavy (non-hydrogen) atoms. The molecule has 5 rings (SSSR count). The highest BCUT2D eigenvalue weighted by molar-refractivity contribution is 7.87. The predicted molar refractivity (Wildman–Crippen MR) is 155 cm³/mol. The molecule has 1 saturated carbocycles. The summed E-state index contributed by atoms with van der Waals surface area (Å²) in [6.07, 6.45) is 2.28. The van der Waals surface area contributed by atoms with Gasteiger partial charge in [0.25, 0.3) is 22.0 Å². The van der Waals surface area contributed by atoms with Crippen LogP contribution in [-0.4, -0.2) is 60.4 Å². The second-order valence-electron chi connectivity index (χ2n) is 10.3. The number of hydroxylamine groups is 1. The number of amides is 2. The molecule has 0 unspecified atom stereocenters. The number of hydrogen-bond donors (Lipinski definition) is 3. The molecule has 0 spiro atoms.